The average molecular weight is 344 g/mol. The van der Waals surface area contributed by atoms with Crippen LogP contribution in [0.25, 0.3) is 0 Å². The zero-order chi connectivity index (χ0) is 13.8. The molecular formula is C14H16BrClN2O. The summed E-state index contributed by atoms with van der Waals surface area (Å²) in [6.45, 7) is 2.51. The molecule has 0 saturated heterocycles. The van der Waals surface area contributed by atoms with Gasteiger partial charge in [0, 0.05) is 23.1 Å². The van der Waals surface area contributed by atoms with Crippen molar-refractivity contribution in [1.29, 1.82) is 0 Å². The van der Waals surface area contributed by atoms with Crippen molar-refractivity contribution in [3.63, 3.8) is 0 Å². The Morgan fingerprint density at radius 3 is 2.74 bits per heavy atom. The summed E-state index contributed by atoms with van der Waals surface area (Å²) in [4.78, 5) is 0. The van der Waals surface area contributed by atoms with E-state index in [4.69, 9.17) is 21.8 Å². The topological polar surface area (TPSA) is 51.2 Å². The van der Waals surface area contributed by atoms with Gasteiger partial charge in [0.25, 0.3) is 0 Å². The molecule has 0 saturated carbocycles. The fourth-order valence-corrected chi connectivity index (χ4v) is 2.23. The molecule has 102 valence electrons. The number of hydrogen-bond acceptors (Lipinski definition) is 3. The van der Waals surface area contributed by atoms with Crippen LogP contribution in [0.1, 0.15) is 24.5 Å². The Balaban J connectivity index is 2.16. The predicted octanol–water partition coefficient (Wildman–Crippen LogP) is 4.37. The van der Waals surface area contributed by atoms with E-state index in [0.29, 0.717) is 11.6 Å². The van der Waals surface area contributed by atoms with Crippen molar-refractivity contribution >= 4 is 33.2 Å². The largest absolute Gasteiger partial charge is 0.464 e. The maximum Gasteiger partial charge on any atom is 0.127 e. The summed E-state index contributed by atoms with van der Waals surface area (Å²) in [6, 6.07) is 9.59. The average Bonchev–Trinajstić information content (AvgIpc) is 2.88. The summed E-state index contributed by atoms with van der Waals surface area (Å²) in [6.07, 6.45) is 0.876. The van der Waals surface area contributed by atoms with Crippen LogP contribution < -0.4 is 11.1 Å². The van der Waals surface area contributed by atoms with E-state index in [2.05, 4.69) is 28.2 Å². The van der Waals surface area contributed by atoms with Crippen molar-refractivity contribution in [1.82, 2.24) is 0 Å². The van der Waals surface area contributed by atoms with Gasteiger partial charge in [0.2, 0.25) is 0 Å². The molecule has 2 aromatic rings. The number of halogens is 2. The minimum Gasteiger partial charge on any atom is -0.464 e. The van der Waals surface area contributed by atoms with E-state index in [-0.39, 0.29) is 6.04 Å². The third kappa shape index (κ3) is 3.53. The quantitative estimate of drug-likeness (QED) is 0.847. The molecule has 0 aliphatic rings. The number of nitrogens with one attached hydrogen (secondary N) is 1. The first-order chi connectivity index (χ1) is 9.13. The van der Waals surface area contributed by atoms with Gasteiger partial charge in [-0.1, -0.05) is 18.5 Å². The van der Waals surface area contributed by atoms with Crippen LogP contribution in [0.2, 0.25) is 5.02 Å². The minimum absolute atomic E-state index is 0.0578. The fraction of sp³-hybridized carbons (Fsp3) is 0.286. The lowest BCUT2D eigenvalue weighted by atomic mass is 10.2. The van der Waals surface area contributed by atoms with Crippen molar-refractivity contribution in [3.8, 4) is 0 Å². The second-order valence-electron chi connectivity index (χ2n) is 4.22. The van der Waals surface area contributed by atoms with Crippen LogP contribution in [0.5, 0.6) is 0 Å². The van der Waals surface area contributed by atoms with Gasteiger partial charge in [0.1, 0.15) is 11.5 Å². The molecule has 0 aliphatic carbocycles. The molecule has 0 radical (unpaired) electrons. The lowest BCUT2D eigenvalue weighted by Gasteiger charge is -2.16. The van der Waals surface area contributed by atoms with Gasteiger partial charge < -0.3 is 15.5 Å². The molecule has 1 unspecified atom stereocenters. The number of nitrogens with two attached hydrogens (primary N) is 1. The van der Waals surface area contributed by atoms with E-state index in [1.165, 1.54) is 0 Å². The number of benzene rings is 1. The van der Waals surface area contributed by atoms with Gasteiger partial charge in [0.05, 0.1) is 11.1 Å². The molecule has 0 spiro atoms. The summed E-state index contributed by atoms with van der Waals surface area (Å²) in [5, 5.41) is 3.99. The van der Waals surface area contributed by atoms with Gasteiger partial charge in [0.15, 0.2) is 0 Å². The van der Waals surface area contributed by atoms with Crippen molar-refractivity contribution in [2.75, 3.05) is 11.9 Å². The molecule has 1 heterocycles. The molecule has 0 fully saturated rings. The second kappa shape index (κ2) is 6.46. The Kier molecular flexibility index (Phi) is 4.91. The first-order valence-corrected chi connectivity index (χ1v) is 7.31. The summed E-state index contributed by atoms with van der Waals surface area (Å²) in [7, 11) is 0. The predicted molar refractivity (Wildman–Crippen MR) is 82.7 cm³/mol. The van der Waals surface area contributed by atoms with Crippen LogP contribution in [0.15, 0.2) is 39.2 Å². The van der Waals surface area contributed by atoms with Crippen molar-refractivity contribution in [3.05, 3.63) is 51.3 Å². The summed E-state index contributed by atoms with van der Waals surface area (Å²) < 4.78 is 6.60. The zero-order valence-electron chi connectivity index (χ0n) is 10.6. The van der Waals surface area contributed by atoms with Crippen LogP contribution in [0.4, 0.5) is 5.69 Å². The highest BCUT2D eigenvalue weighted by Crippen LogP contribution is 2.28. The smallest absolute Gasteiger partial charge is 0.127 e. The maximum absolute atomic E-state index is 6.07. The summed E-state index contributed by atoms with van der Waals surface area (Å²) >= 11 is 9.44. The lowest BCUT2D eigenvalue weighted by molar-refractivity contribution is 0.448. The number of furan rings is 1. The Bertz CT molecular complexity index is 556. The summed E-state index contributed by atoms with van der Waals surface area (Å²) in [5.41, 5.74) is 6.72. The third-order valence-corrected chi connectivity index (χ3v) is 4.10. The Morgan fingerprint density at radius 2 is 2.16 bits per heavy atom. The van der Waals surface area contributed by atoms with Gasteiger partial charge >= 0.3 is 0 Å². The van der Waals surface area contributed by atoms with Crippen LogP contribution in [-0.2, 0) is 6.42 Å². The zero-order valence-corrected chi connectivity index (χ0v) is 13.0. The molecule has 2 rings (SSSR count). The molecular weight excluding hydrogens is 328 g/mol. The van der Waals surface area contributed by atoms with E-state index in [1.807, 2.05) is 30.3 Å². The minimum atomic E-state index is -0.0578. The first-order valence-electron chi connectivity index (χ1n) is 6.14. The van der Waals surface area contributed by atoms with Crippen molar-refractivity contribution in [2.45, 2.75) is 19.4 Å². The molecule has 1 aromatic heterocycles. The van der Waals surface area contributed by atoms with Gasteiger partial charge in [-0.05, 0) is 46.3 Å². The second-order valence-corrected chi connectivity index (χ2v) is 5.48. The van der Waals surface area contributed by atoms with Gasteiger partial charge in [-0.2, -0.15) is 0 Å². The Morgan fingerprint density at radius 1 is 1.37 bits per heavy atom. The normalized spacial score (nSPS) is 12.4. The number of aryl methyl sites for hydroxylation is 1. The fourth-order valence-electron chi connectivity index (χ4n) is 1.81. The standard InChI is InChI=1S/C14H16BrClN2O/c1-2-10-4-6-14(19-10)13(8-17)18-9-3-5-11(15)12(16)7-9/h3-7,13,18H,2,8,17H2,1H3. The first kappa shape index (κ1) is 14.4. The van der Waals surface area contributed by atoms with E-state index >= 15 is 0 Å². The SMILES string of the molecule is CCc1ccc(C(CN)Nc2ccc(Br)c(Cl)c2)o1. The van der Waals surface area contributed by atoms with Gasteiger partial charge in [-0.3, -0.25) is 0 Å². The molecule has 19 heavy (non-hydrogen) atoms. The van der Waals surface area contributed by atoms with Crippen LogP contribution in [-0.4, -0.2) is 6.54 Å². The Labute approximate surface area is 126 Å². The summed E-state index contributed by atoms with van der Waals surface area (Å²) in [5.74, 6) is 1.81. The highest BCUT2D eigenvalue weighted by atomic mass is 79.9. The van der Waals surface area contributed by atoms with Crippen LogP contribution in [0, 0.1) is 0 Å². The van der Waals surface area contributed by atoms with Crippen molar-refractivity contribution in [2.24, 2.45) is 5.73 Å². The molecule has 3 N–H and O–H groups in total. The van der Waals surface area contributed by atoms with E-state index in [1.54, 1.807) is 0 Å². The molecule has 0 aliphatic heterocycles. The Hall–Kier alpha value is -0.970. The lowest BCUT2D eigenvalue weighted by Crippen LogP contribution is -2.20. The molecule has 1 aromatic carbocycles. The van der Waals surface area contributed by atoms with Crippen LogP contribution >= 0.6 is 27.5 Å². The maximum atomic E-state index is 6.07. The molecule has 1 atom stereocenters. The van der Waals surface area contributed by atoms with Crippen molar-refractivity contribution < 1.29 is 4.42 Å². The highest BCUT2D eigenvalue weighted by molar-refractivity contribution is 9.10. The molecule has 3 nitrogen and oxygen atoms in total. The monoisotopic (exact) mass is 342 g/mol. The molecule has 0 amide bonds. The molecule has 5 heteroatoms. The number of hydrogen-bond donors (Lipinski definition) is 2. The highest BCUT2D eigenvalue weighted by Gasteiger charge is 2.14. The van der Waals surface area contributed by atoms with E-state index in [0.717, 1.165) is 28.1 Å². The third-order valence-electron chi connectivity index (χ3n) is 2.87. The molecule has 0 bridgehead atoms. The number of rotatable bonds is 5. The van der Waals surface area contributed by atoms with E-state index in [9.17, 15) is 0 Å². The van der Waals surface area contributed by atoms with E-state index < -0.39 is 0 Å². The van der Waals surface area contributed by atoms with Gasteiger partial charge in [-0.15, -0.1) is 0 Å². The number of anilines is 1. The van der Waals surface area contributed by atoms with Crippen LogP contribution in [0.3, 0.4) is 0 Å². The van der Waals surface area contributed by atoms with Gasteiger partial charge in [-0.25, -0.2) is 0 Å².